The quantitative estimate of drug-likeness (QED) is 0.187. The number of fused-ring (bicyclic) bond motifs is 11. The van der Waals surface area contributed by atoms with E-state index in [-0.39, 0.29) is 10.8 Å². The van der Waals surface area contributed by atoms with Crippen LogP contribution < -0.4 is 4.90 Å². The molecule has 0 radical (unpaired) electrons. The van der Waals surface area contributed by atoms with E-state index in [4.69, 9.17) is 0 Å². The largest absolute Gasteiger partial charge is 0.310 e. The number of rotatable bonds is 3. The lowest BCUT2D eigenvalue weighted by molar-refractivity contribution is 0.660. The van der Waals surface area contributed by atoms with Crippen LogP contribution in [-0.4, -0.2) is 0 Å². The van der Waals surface area contributed by atoms with E-state index in [9.17, 15) is 0 Å². The topological polar surface area (TPSA) is 3.24 Å². The Kier molecular flexibility index (Phi) is 5.63. The van der Waals surface area contributed by atoms with E-state index in [0.717, 1.165) is 0 Å². The molecular formula is C46H35NS. The molecule has 0 saturated heterocycles. The second-order valence-corrected chi connectivity index (χ2v) is 15.6. The van der Waals surface area contributed by atoms with Crippen LogP contribution in [0.2, 0.25) is 0 Å². The van der Waals surface area contributed by atoms with Gasteiger partial charge in [0.1, 0.15) is 0 Å². The minimum Gasteiger partial charge on any atom is -0.310 e. The van der Waals surface area contributed by atoms with E-state index in [1.165, 1.54) is 92.5 Å². The zero-order chi connectivity index (χ0) is 32.4. The van der Waals surface area contributed by atoms with Crippen LogP contribution in [0.15, 0.2) is 140 Å². The molecule has 0 aliphatic heterocycles. The van der Waals surface area contributed by atoms with E-state index in [0.29, 0.717) is 0 Å². The summed E-state index contributed by atoms with van der Waals surface area (Å²) in [7, 11) is 0. The molecule has 0 unspecified atom stereocenters. The molecule has 2 aliphatic rings. The molecule has 230 valence electrons. The summed E-state index contributed by atoms with van der Waals surface area (Å²) in [6.45, 7) is 9.49. The van der Waals surface area contributed by atoms with Crippen LogP contribution in [0.5, 0.6) is 0 Å². The van der Waals surface area contributed by atoms with Crippen molar-refractivity contribution in [2.24, 2.45) is 0 Å². The summed E-state index contributed by atoms with van der Waals surface area (Å²) in [5.41, 5.74) is 14.4. The molecule has 2 aliphatic carbocycles. The number of anilines is 3. The van der Waals surface area contributed by atoms with Crippen molar-refractivity contribution < 1.29 is 0 Å². The molecule has 1 nitrogen and oxygen atoms in total. The Labute approximate surface area is 285 Å². The third-order valence-corrected chi connectivity index (χ3v) is 12.5. The molecule has 2 heteroatoms. The van der Waals surface area contributed by atoms with Gasteiger partial charge < -0.3 is 4.90 Å². The minimum absolute atomic E-state index is 0.0861. The van der Waals surface area contributed by atoms with E-state index in [1.54, 1.807) is 0 Å². The maximum Gasteiger partial charge on any atom is 0.0540 e. The van der Waals surface area contributed by atoms with Crippen molar-refractivity contribution in [1.82, 2.24) is 0 Å². The fraction of sp³-hybridized carbons (Fsp3) is 0.130. The monoisotopic (exact) mass is 633 g/mol. The Morgan fingerprint density at radius 1 is 0.417 bits per heavy atom. The molecule has 7 aromatic carbocycles. The van der Waals surface area contributed by atoms with E-state index >= 15 is 0 Å². The Morgan fingerprint density at radius 3 is 1.56 bits per heavy atom. The van der Waals surface area contributed by atoms with Crippen molar-refractivity contribution in [3.8, 4) is 22.3 Å². The Hall–Kier alpha value is -5.18. The second kappa shape index (κ2) is 9.69. The van der Waals surface area contributed by atoms with Crippen molar-refractivity contribution in [3.05, 3.63) is 162 Å². The first-order chi connectivity index (χ1) is 23.3. The van der Waals surface area contributed by atoms with Gasteiger partial charge in [0, 0.05) is 53.1 Å². The highest BCUT2D eigenvalue weighted by atomic mass is 32.1. The smallest absolute Gasteiger partial charge is 0.0540 e. The van der Waals surface area contributed by atoms with Gasteiger partial charge in [-0.25, -0.2) is 0 Å². The number of thiophene rings is 1. The van der Waals surface area contributed by atoms with Crippen LogP contribution in [-0.2, 0) is 10.8 Å². The van der Waals surface area contributed by atoms with Crippen molar-refractivity contribution in [3.63, 3.8) is 0 Å². The highest BCUT2D eigenvalue weighted by Crippen LogP contribution is 2.54. The fourth-order valence-corrected chi connectivity index (χ4v) is 10.0. The van der Waals surface area contributed by atoms with Crippen LogP contribution >= 0.6 is 11.3 Å². The maximum atomic E-state index is 2.51. The Morgan fingerprint density at radius 2 is 0.917 bits per heavy atom. The van der Waals surface area contributed by atoms with Crippen molar-refractivity contribution >= 4 is 59.3 Å². The highest BCUT2D eigenvalue weighted by molar-refractivity contribution is 7.26. The molecule has 0 amide bonds. The second-order valence-electron chi connectivity index (χ2n) is 14.5. The zero-order valence-corrected chi connectivity index (χ0v) is 28.5. The van der Waals surface area contributed by atoms with Gasteiger partial charge in [-0.15, -0.1) is 11.3 Å². The van der Waals surface area contributed by atoms with Crippen molar-refractivity contribution in [2.75, 3.05) is 4.90 Å². The summed E-state index contributed by atoms with van der Waals surface area (Å²) < 4.78 is 2.69. The summed E-state index contributed by atoms with van der Waals surface area (Å²) in [6.07, 6.45) is 0. The van der Waals surface area contributed by atoms with E-state index in [2.05, 4.69) is 172 Å². The molecule has 8 aromatic rings. The van der Waals surface area contributed by atoms with Crippen LogP contribution in [0, 0.1) is 0 Å². The summed E-state index contributed by atoms with van der Waals surface area (Å²) in [5.74, 6) is 0. The maximum absolute atomic E-state index is 2.51. The van der Waals surface area contributed by atoms with Gasteiger partial charge in [0.05, 0.1) is 5.69 Å². The lowest BCUT2D eigenvalue weighted by atomic mass is 9.82. The van der Waals surface area contributed by atoms with Crippen LogP contribution in [0.1, 0.15) is 49.9 Å². The molecule has 0 N–H and O–H groups in total. The lowest BCUT2D eigenvalue weighted by Gasteiger charge is -2.30. The molecule has 0 fully saturated rings. The summed E-state index contributed by atoms with van der Waals surface area (Å²) >= 11 is 1.90. The van der Waals surface area contributed by atoms with Gasteiger partial charge >= 0.3 is 0 Å². The third kappa shape index (κ3) is 3.67. The van der Waals surface area contributed by atoms with Gasteiger partial charge in [-0.2, -0.15) is 0 Å². The fourth-order valence-electron chi connectivity index (χ4n) is 8.81. The molecule has 48 heavy (non-hydrogen) atoms. The average molecular weight is 634 g/mol. The molecule has 0 atom stereocenters. The van der Waals surface area contributed by atoms with Gasteiger partial charge in [0.25, 0.3) is 0 Å². The van der Waals surface area contributed by atoms with Gasteiger partial charge in [-0.3, -0.25) is 0 Å². The Bertz CT molecular complexity index is 2530. The number of hydrogen-bond acceptors (Lipinski definition) is 2. The third-order valence-electron chi connectivity index (χ3n) is 11.3. The molecule has 1 heterocycles. The first kappa shape index (κ1) is 27.9. The average Bonchev–Trinajstić information content (AvgIpc) is 3.69. The van der Waals surface area contributed by atoms with Crippen molar-refractivity contribution in [1.29, 1.82) is 0 Å². The van der Waals surface area contributed by atoms with E-state index < -0.39 is 0 Å². The molecule has 10 rings (SSSR count). The molecule has 0 bridgehead atoms. The van der Waals surface area contributed by atoms with Gasteiger partial charge in [0.2, 0.25) is 0 Å². The first-order valence-electron chi connectivity index (χ1n) is 16.9. The standard InChI is InChI=1S/C46H35NS/c1-45(2)38-16-8-5-12-30(38)32-22-20-28(26-40(32)45)47(29-21-23-33-31-13-6-9-17-39(31)46(3,4)41(33)27-29)42-18-11-15-36-34(42)24-25-37-35-14-7-10-19-43(35)48-44(36)37/h5-27H,1-4H3. The Balaban J connectivity index is 1.24. The van der Waals surface area contributed by atoms with Crippen LogP contribution in [0.3, 0.4) is 0 Å². The SMILES string of the molecule is CC1(C)c2ccccc2-c2ccc(N(c3ccc4c(c3)C(C)(C)c3ccccc3-4)c3cccc4c3ccc3c5ccccc5sc43)cc21. The number of nitrogens with zero attached hydrogens (tertiary/aromatic N) is 1. The summed E-state index contributed by atoms with van der Waals surface area (Å²) in [5, 5.41) is 5.24. The molecule has 0 saturated carbocycles. The number of benzene rings is 7. The predicted octanol–water partition coefficient (Wildman–Crippen LogP) is 13.3. The van der Waals surface area contributed by atoms with Gasteiger partial charge in [0.15, 0.2) is 0 Å². The number of hydrogen-bond donors (Lipinski definition) is 0. The summed E-state index contributed by atoms with van der Waals surface area (Å²) in [4.78, 5) is 2.51. The molecule has 0 spiro atoms. The van der Waals surface area contributed by atoms with E-state index in [1.807, 2.05) is 11.3 Å². The van der Waals surface area contributed by atoms with Crippen molar-refractivity contribution in [2.45, 2.75) is 38.5 Å². The summed E-state index contributed by atoms with van der Waals surface area (Å²) in [6, 6.07) is 52.5. The van der Waals surface area contributed by atoms with Crippen LogP contribution in [0.4, 0.5) is 17.1 Å². The highest BCUT2D eigenvalue weighted by Gasteiger charge is 2.37. The zero-order valence-electron chi connectivity index (χ0n) is 27.6. The minimum atomic E-state index is -0.0861. The normalized spacial score (nSPS) is 15.0. The first-order valence-corrected chi connectivity index (χ1v) is 17.8. The molecule has 1 aromatic heterocycles. The van der Waals surface area contributed by atoms with Crippen LogP contribution in [0.25, 0.3) is 53.2 Å². The van der Waals surface area contributed by atoms with Gasteiger partial charge in [-0.05, 0) is 80.9 Å². The molecular weight excluding hydrogens is 599 g/mol. The van der Waals surface area contributed by atoms with Gasteiger partial charge in [-0.1, -0.05) is 131 Å². The predicted molar refractivity (Wildman–Crippen MR) is 207 cm³/mol. The lowest BCUT2D eigenvalue weighted by Crippen LogP contribution is -2.18.